The molecule has 0 aromatic carbocycles. The topological polar surface area (TPSA) is 15.3 Å². The van der Waals surface area contributed by atoms with Crippen LogP contribution in [0.1, 0.15) is 33.1 Å². The van der Waals surface area contributed by atoms with Crippen LogP contribution in [-0.4, -0.2) is 48.1 Å². The van der Waals surface area contributed by atoms with Gasteiger partial charge in [0.25, 0.3) is 0 Å². The average Bonchev–Trinajstić information content (AvgIpc) is 3.03. The van der Waals surface area contributed by atoms with Crippen molar-refractivity contribution in [1.82, 2.24) is 10.2 Å². The number of nitrogens with zero attached hydrogens (tertiary/aromatic N) is 1. The van der Waals surface area contributed by atoms with Gasteiger partial charge in [-0.3, -0.25) is 0 Å². The smallest absolute Gasteiger partial charge is 0.0285 e. The van der Waals surface area contributed by atoms with Crippen molar-refractivity contribution in [2.45, 2.75) is 43.9 Å². The van der Waals surface area contributed by atoms with Crippen LogP contribution in [0.15, 0.2) is 0 Å². The molecule has 0 radical (unpaired) electrons. The van der Waals surface area contributed by atoms with Gasteiger partial charge in [-0.25, -0.2) is 0 Å². The van der Waals surface area contributed by atoms with E-state index in [1.54, 1.807) is 0 Å². The Morgan fingerprint density at radius 2 is 2.19 bits per heavy atom. The zero-order valence-electron chi connectivity index (χ0n) is 11.0. The van der Waals surface area contributed by atoms with Crippen LogP contribution >= 0.6 is 11.8 Å². The number of rotatable bonds is 4. The van der Waals surface area contributed by atoms with Crippen molar-refractivity contribution in [3.63, 3.8) is 0 Å². The van der Waals surface area contributed by atoms with Crippen molar-refractivity contribution in [2.75, 3.05) is 32.4 Å². The third-order valence-corrected chi connectivity index (χ3v) is 5.47. The fraction of sp³-hybridized carbons (Fsp3) is 1.00. The number of hydrogen-bond donors (Lipinski definition) is 1. The van der Waals surface area contributed by atoms with Crippen LogP contribution in [0.3, 0.4) is 0 Å². The fourth-order valence-corrected chi connectivity index (χ4v) is 3.41. The summed E-state index contributed by atoms with van der Waals surface area (Å²) < 4.78 is 0.631. The van der Waals surface area contributed by atoms with Gasteiger partial charge in [0, 0.05) is 23.9 Å². The Labute approximate surface area is 105 Å². The van der Waals surface area contributed by atoms with Crippen LogP contribution < -0.4 is 5.32 Å². The van der Waals surface area contributed by atoms with Crippen molar-refractivity contribution in [3.05, 3.63) is 0 Å². The van der Waals surface area contributed by atoms with E-state index in [4.69, 9.17) is 0 Å². The first-order valence-corrected chi connectivity index (χ1v) is 7.88. The molecule has 2 rings (SSSR count). The Hall–Kier alpha value is 0.270. The van der Waals surface area contributed by atoms with E-state index >= 15 is 0 Å². The second-order valence-corrected chi connectivity index (χ2v) is 7.05. The third kappa shape index (κ3) is 3.14. The van der Waals surface area contributed by atoms with Crippen molar-refractivity contribution < 1.29 is 0 Å². The highest BCUT2D eigenvalue weighted by atomic mass is 32.2. The minimum absolute atomic E-state index is 0.631. The third-order valence-electron chi connectivity index (χ3n) is 4.07. The molecule has 0 bridgehead atoms. The largest absolute Gasteiger partial charge is 0.312 e. The fourth-order valence-electron chi connectivity index (χ4n) is 2.59. The lowest BCUT2D eigenvalue weighted by Gasteiger charge is -2.29. The maximum atomic E-state index is 3.69. The lowest BCUT2D eigenvalue weighted by Crippen LogP contribution is -2.43. The van der Waals surface area contributed by atoms with E-state index < -0.39 is 0 Å². The molecule has 0 spiro atoms. The van der Waals surface area contributed by atoms with E-state index in [1.807, 2.05) is 0 Å². The Morgan fingerprint density at radius 3 is 2.75 bits per heavy atom. The summed E-state index contributed by atoms with van der Waals surface area (Å²) in [5, 5.41) is 3.69. The lowest BCUT2D eigenvalue weighted by atomic mass is 10.0. The second-order valence-electron chi connectivity index (χ2n) is 5.78. The van der Waals surface area contributed by atoms with Gasteiger partial charge < -0.3 is 10.2 Å². The monoisotopic (exact) mass is 242 g/mol. The van der Waals surface area contributed by atoms with Crippen LogP contribution in [-0.2, 0) is 0 Å². The van der Waals surface area contributed by atoms with Crippen molar-refractivity contribution in [2.24, 2.45) is 5.92 Å². The molecule has 1 unspecified atom stereocenters. The maximum absolute atomic E-state index is 3.69. The summed E-state index contributed by atoms with van der Waals surface area (Å²) in [4.78, 5) is 2.70. The Balaban J connectivity index is 1.88. The highest BCUT2D eigenvalue weighted by Gasteiger charge is 2.43. The standard InChI is InChI=1S/C13H26N2S/c1-11(2)12-9-15(8-4-7-14-12)10-13(16-3)5-6-13/h11-12,14H,4-10H2,1-3H3. The van der Waals surface area contributed by atoms with Gasteiger partial charge in [-0.05, 0) is 44.5 Å². The molecule has 1 aliphatic heterocycles. The summed E-state index contributed by atoms with van der Waals surface area (Å²) in [6.07, 6.45) is 6.46. The number of thioether (sulfide) groups is 1. The maximum Gasteiger partial charge on any atom is 0.0285 e. The molecule has 2 aliphatic rings. The van der Waals surface area contributed by atoms with Crippen LogP contribution in [0.4, 0.5) is 0 Å². The minimum Gasteiger partial charge on any atom is -0.312 e. The van der Waals surface area contributed by atoms with Gasteiger partial charge in [-0.1, -0.05) is 13.8 Å². The summed E-state index contributed by atoms with van der Waals surface area (Å²) in [6, 6.07) is 0.695. The molecule has 2 nitrogen and oxygen atoms in total. The zero-order valence-corrected chi connectivity index (χ0v) is 11.8. The first-order valence-electron chi connectivity index (χ1n) is 6.66. The average molecular weight is 242 g/mol. The first kappa shape index (κ1) is 12.7. The summed E-state index contributed by atoms with van der Waals surface area (Å²) >= 11 is 2.09. The molecule has 16 heavy (non-hydrogen) atoms. The van der Waals surface area contributed by atoms with E-state index in [-0.39, 0.29) is 0 Å². The quantitative estimate of drug-likeness (QED) is 0.814. The zero-order chi connectivity index (χ0) is 11.6. The minimum atomic E-state index is 0.631. The Kier molecular flexibility index (Phi) is 4.20. The summed E-state index contributed by atoms with van der Waals surface area (Å²) in [5.41, 5.74) is 0. The van der Waals surface area contributed by atoms with Crippen molar-refractivity contribution in [3.8, 4) is 0 Å². The lowest BCUT2D eigenvalue weighted by molar-refractivity contribution is 0.243. The number of nitrogens with one attached hydrogen (secondary N) is 1. The van der Waals surface area contributed by atoms with E-state index in [0.29, 0.717) is 10.8 Å². The molecular weight excluding hydrogens is 216 g/mol. The number of hydrogen-bond acceptors (Lipinski definition) is 3. The van der Waals surface area contributed by atoms with Crippen molar-refractivity contribution >= 4 is 11.8 Å². The van der Waals surface area contributed by atoms with Gasteiger partial charge in [-0.15, -0.1) is 0 Å². The Morgan fingerprint density at radius 1 is 1.44 bits per heavy atom. The Bertz CT molecular complexity index is 226. The molecule has 0 aromatic rings. The van der Waals surface area contributed by atoms with Gasteiger partial charge in [0.05, 0.1) is 0 Å². The van der Waals surface area contributed by atoms with Crippen LogP contribution in [0.5, 0.6) is 0 Å². The molecule has 1 aliphatic carbocycles. The van der Waals surface area contributed by atoms with Gasteiger partial charge in [-0.2, -0.15) is 11.8 Å². The van der Waals surface area contributed by atoms with E-state index in [2.05, 4.69) is 42.1 Å². The summed E-state index contributed by atoms with van der Waals surface area (Å²) in [7, 11) is 0. The van der Waals surface area contributed by atoms with Gasteiger partial charge >= 0.3 is 0 Å². The van der Waals surface area contributed by atoms with Gasteiger partial charge in [0.15, 0.2) is 0 Å². The molecule has 1 saturated carbocycles. The van der Waals surface area contributed by atoms with Crippen LogP contribution in [0.25, 0.3) is 0 Å². The predicted molar refractivity (Wildman–Crippen MR) is 73.2 cm³/mol. The summed E-state index contributed by atoms with van der Waals surface area (Å²) in [6.45, 7) is 9.73. The second kappa shape index (κ2) is 5.28. The highest BCUT2D eigenvalue weighted by Crippen LogP contribution is 2.47. The van der Waals surface area contributed by atoms with Crippen molar-refractivity contribution in [1.29, 1.82) is 0 Å². The molecule has 1 heterocycles. The molecule has 1 atom stereocenters. The van der Waals surface area contributed by atoms with E-state index in [0.717, 1.165) is 5.92 Å². The first-order chi connectivity index (χ1) is 7.65. The predicted octanol–water partition coefficient (Wildman–Crippen LogP) is 2.20. The van der Waals surface area contributed by atoms with E-state index in [1.165, 1.54) is 45.4 Å². The van der Waals surface area contributed by atoms with Crippen LogP contribution in [0, 0.1) is 5.92 Å². The van der Waals surface area contributed by atoms with Gasteiger partial charge in [0.2, 0.25) is 0 Å². The molecular formula is C13H26N2S. The molecule has 0 aromatic heterocycles. The van der Waals surface area contributed by atoms with E-state index in [9.17, 15) is 0 Å². The molecule has 0 amide bonds. The summed E-state index contributed by atoms with van der Waals surface area (Å²) in [5.74, 6) is 0.755. The molecule has 3 heteroatoms. The highest BCUT2D eigenvalue weighted by molar-refractivity contribution is 8.00. The van der Waals surface area contributed by atoms with Crippen LogP contribution in [0.2, 0.25) is 0 Å². The SMILES string of the molecule is CSC1(CN2CCCNC(C(C)C)C2)CC1. The molecule has 1 saturated heterocycles. The molecule has 1 N–H and O–H groups in total. The van der Waals surface area contributed by atoms with Gasteiger partial charge in [0.1, 0.15) is 0 Å². The normalized spacial score (nSPS) is 30.4. The molecule has 94 valence electrons. The molecule has 2 fully saturated rings.